The Morgan fingerprint density at radius 1 is 1.67 bits per heavy atom. The molecule has 0 saturated heterocycles. The molecule has 1 atom stereocenters. The summed E-state index contributed by atoms with van der Waals surface area (Å²) in [4.78, 5) is 9.87. The van der Waals surface area contributed by atoms with Crippen molar-refractivity contribution in [1.29, 1.82) is 0 Å². The van der Waals surface area contributed by atoms with Crippen LogP contribution in [0.15, 0.2) is 0 Å². The van der Waals surface area contributed by atoms with E-state index in [2.05, 4.69) is 11.8 Å². The van der Waals surface area contributed by atoms with Gasteiger partial charge in [0.25, 0.3) is 0 Å². The van der Waals surface area contributed by atoms with E-state index in [-0.39, 0.29) is 0 Å². The third-order valence-corrected chi connectivity index (χ3v) is 1.11. The van der Waals surface area contributed by atoms with E-state index in [1.54, 1.807) is 0 Å². The maximum atomic E-state index is 9.87. The first-order valence-corrected chi connectivity index (χ1v) is 3.17. The smallest absolute Gasteiger partial charge is 0.120 e. The molecule has 0 rings (SSSR count). The number of aldehydes is 1. The lowest BCUT2D eigenvalue weighted by Crippen LogP contribution is -1.89. The van der Waals surface area contributed by atoms with Gasteiger partial charge in [0.1, 0.15) is 6.29 Å². The van der Waals surface area contributed by atoms with Crippen LogP contribution in [0.1, 0.15) is 26.7 Å². The first-order chi connectivity index (χ1) is 4.31. The standard InChI is InChI=1S/C8H12O/c1-3-5-8(2)6-4-7-9/h7-8H,4,6H2,1-2H3. The third kappa shape index (κ3) is 5.10. The Labute approximate surface area is 56.5 Å². The molecule has 0 radical (unpaired) electrons. The van der Waals surface area contributed by atoms with E-state index >= 15 is 0 Å². The van der Waals surface area contributed by atoms with Crippen molar-refractivity contribution in [1.82, 2.24) is 0 Å². The molecule has 50 valence electrons. The van der Waals surface area contributed by atoms with Gasteiger partial charge in [-0.1, -0.05) is 6.92 Å². The zero-order valence-corrected chi connectivity index (χ0v) is 5.98. The zero-order chi connectivity index (χ0) is 7.11. The molecule has 9 heavy (non-hydrogen) atoms. The first kappa shape index (κ1) is 8.23. The molecule has 0 aliphatic heterocycles. The Hall–Kier alpha value is -0.770. The highest BCUT2D eigenvalue weighted by Gasteiger charge is 1.93. The van der Waals surface area contributed by atoms with Gasteiger partial charge in [-0.15, -0.1) is 11.8 Å². The van der Waals surface area contributed by atoms with Crippen LogP contribution in [0.3, 0.4) is 0 Å². The molecule has 0 aliphatic carbocycles. The van der Waals surface area contributed by atoms with Gasteiger partial charge in [-0.25, -0.2) is 0 Å². The average Bonchev–Trinajstić information content (AvgIpc) is 1.85. The minimum absolute atomic E-state index is 0.375. The molecule has 0 aromatic carbocycles. The van der Waals surface area contributed by atoms with Crippen molar-refractivity contribution in [2.24, 2.45) is 5.92 Å². The van der Waals surface area contributed by atoms with Gasteiger partial charge in [0, 0.05) is 12.3 Å². The predicted octanol–water partition coefficient (Wildman–Crippen LogP) is 1.62. The lowest BCUT2D eigenvalue weighted by atomic mass is 10.1. The van der Waals surface area contributed by atoms with Crippen LogP contribution in [0.2, 0.25) is 0 Å². The van der Waals surface area contributed by atoms with E-state index in [1.807, 2.05) is 13.8 Å². The van der Waals surface area contributed by atoms with Crippen molar-refractivity contribution in [2.75, 3.05) is 0 Å². The van der Waals surface area contributed by atoms with E-state index in [1.165, 1.54) is 0 Å². The lowest BCUT2D eigenvalue weighted by molar-refractivity contribution is -0.108. The molecule has 0 aromatic heterocycles. The molecule has 0 heterocycles. The number of hydrogen-bond acceptors (Lipinski definition) is 1. The topological polar surface area (TPSA) is 17.1 Å². The van der Waals surface area contributed by atoms with Crippen LogP contribution < -0.4 is 0 Å². The summed E-state index contributed by atoms with van der Waals surface area (Å²) in [5.74, 6) is 6.16. The third-order valence-electron chi connectivity index (χ3n) is 1.11. The molecular formula is C8H12O. The molecule has 0 fully saturated rings. The van der Waals surface area contributed by atoms with Gasteiger partial charge in [0.05, 0.1) is 0 Å². The Morgan fingerprint density at radius 2 is 2.33 bits per heavy atom. The minimum atomic E-state index is 0.375. The molecule has 0 spiro atoms. The van der Waals surface area contributed by atoms with Crippen LogP contribution in [-0.2, 0) is 4.79 Å². The largest absolute Gasteiger partial charge is 0.303 e. The molecule has 0 bridgehead atoms. The molecule has 1 heteroatoms. The second-order valence-corrected chi connectivity index (χ2v) is 2.04. The van der Waals surface area contributed by atoms with Crippen LogP contribution in [0.5, 0.6) is 0 Å². The quantitative estimate of drug-likeness (QED) is 0.413. The van der Waals surface area contributed by atoms with Crippen LogP contribution >= 0.6 is 0 Å². The minimum Gasteiger partial charge on any atom is -0.303 e. The van der Waals surface area contributed by atoms with Crippen molar-refractivity contribution in [3.63, 3.8) is 0 Å². The molecule has 0 aromatic rings. The van der Waals surface area contributed by atoms with Gasteiger partial charge in [-0.3, -0.25) is 0 Å². The molecule has 0 saturated carbocycles. The van der Waals surface area contributed by atoms with Gasteiger partial charge in [-0.05, 0) is 13.3 Å². The summed E-state index contributed by atoms with van der Waals surface area (Å²) in [7, 11) is 0. The molecule has 1 unspecified atom stereocenters. The fraction of sp³-hybridized carbons (Fsp3) is 0.625. The second kappa shape index (κ2) is 5.37. The predicted molar refractivity (Wildman–Crippen MR) is 37.9 cm³/mol. The summed E-state index contributed by atoms with van der Waals surface area (Å²) < 4.78 is 0. The van der Waals surface area contributed by atoms with E-state index < -0.39 is 0 Å². The Bertz CT molecular complexity index is 127. The van der Waals surface area contributed by atoms with Crippen molar-refractivity contribution in [3.05, 3.63) is 0 Å². The van der Waals surface area contributed by atoms with Crippen LogP contribution in [-0.4, -0.2) is 6.29 Å². The molecule has 0 aliphatic rings. The summed E-state index contributed by atoms with van der Waals surface area (Å²) in [5.41, 5.74) is 0. The number of rotatable bonds is 3. The first-order valence-electron chi connectivity index (χ1n) is 3.17. The van der Waals surface area contributed by atoms with Gasteiger partial charge >= 0.3 is 0 Å². The fourth-order valence-corrected chi connectivity index (χ4v) is 0.637. The van der Waals surface area contributed by atoms with Gasteiger partial charge in [0.15, 0.2) is 0 Å². The fourth-order valence-electron chi connectivity index (χ4n) is 0.637. The van der Waals surface area contributed by atoms with E-state index in [0.29, 0.717) is 12.3 Å². The van der Waals surface area contributed by atoms with Crippen LogP contribution in [0, 0.1) is 17.8 Å². The second-order valence-electron chi connectivity index (χ2n) is 2.04. The molecule has 0 N–H and O–H groups in total. The number of carbonyl (C=O) groups is 1. The molecule has 0 amide bonds. The highest BCUT2D eigenvalue weighted by Crippen LogP contribution is 2.00. The van der Waals surface area contributed by atoms with Crippen molar-refractivity contribution in [3.8, 4) is 11.8 Å². The van der Waals surface area contributed by atoms with E-state index in [9.17, 15) is 4.79 Å². The number of hydrogen-bond donors (Lipinski definition) is 0. The van der Waals surface area contributed by atoms with Crippen LogP contribution in [0.25, 0.3) is 0 Å². The Morgan fingerprint density at radius 3 is 2.78 bits per heavy atom. The summed E-state index contributed by atoms with van der Waals surface area (Å²) in [6, 6.07) is 0. The Balaban J connectivity index is 3.33. The van der Waals surface area contributed by atoms with Crippen molar-refractivity contribution in [2.45, 2.75) is 26.7 Å². The lowest BCUT2D eigenvalue weighted by Gasteiger charge is -1.96. The van der Waals surface area contributed by atoms with Gasteiger partial charge in [0.2, 0.25) is 0 Å². The number of carbonyl (C=O) groups excluding carboxylic acids is 1. The SMILES string of the molecule is CC#CC(C)CCC=O. The highest BCUT2D eigenvalue weighted by molar-refractivity contribution is 5.49. The summed E-state index contributed by atoms with van der Waals surface area (Å²) in [6.45, 7) is 3.84. The van der Waals surface area contributed by atoms with Gasteiger partial charge in [-0.2, -0.15) is 0 Å². The average molecular weight is 124 g/mol. The Kier molecular flexibility index (Phi) is 4.91. The summed E-state index contributed by atoms with van der Waals surface area (Å²) >= 11 is 0. The van der Waals surface area contributed by atoms with Crippen LogP contribution in [0.4, 0.5) is 0 Å². The molecule has 1 nitrogen and oxygen atoms in total. The normalized spacial score (nSPS) is 11.3. The van der Waals surface area contributed by atoms with Gasteiger partial charge < -0.3 is 4.79 Å². The molecular weight excluding hydrogens is 112 g/mol. The van der Waals surface area contributed by atoms with Crippen molar-refractivity contribution < 1.29 is 4.79 Å². The zero-order valence-electron chi connectivity index (χ0n) is 5.98. The maximum Gasteiger partial charge on any atom is 0.120 e. The van der Waals surface area contributed by atoms with E-state index in [0.717, 1.165) is 12.7 Å². The van der Waals surface area contributed by atoms with E-state index in [4.69, 9.17) is 0 Å². The summed E-state index contributed by atoms with van der Waals surface area (Å²) in [6.07, 6.45) is 2.47. The van der Waals surface area contributed by atoms with Crippen molar-refractivity contribution >= 4 is 6.29 Å². The highest BCUT2D eigenvalue weighted by atomic mass is 16.1. The maximum absolute atomic E-state index is 9.87. The summed E-state index contributed by atoms with van der Waals surface area (Å²) in [5, 5.41) is 0. The monoisotopic (exact) mass is 124 g/mol.